The Kier molecular flexibility index (Phi) is 6.77. The number of fused-ring (bicyclic) bond motifs is 1. The fraction of sp³-hybridized carbons (Fsp3) is 0.292. The minimum Gasteiger partial charge on any atom is -0.497 e. The van der Waals surface area contributed by atoms with E-state index in [0.717, 1.165) is 57.4 Å². The maximum Gasteiger partial charge on any atom is 0.262 e. The molecular formula is C24H25ClN4O2S. The molecule has 0 spiro atoms. The minimum absolute atomic E-state index is 0.0974. The monoisotopic (exact) mass is 468 g/mol. The highest BCUT2D eigenvalue weighted by Gasteiger charge is 2.21. The Morgan fingerprint density at radius 3 is 2.69 bits per heavy atom. The summed E-state index contributed by atoms with van der Waals surface area (Å²) < 4.78 is 7.21. The van der Waals surface area contributed by atoms with Crippen LogP contribution in [-0.2, 0) is 6.42 Å². The van der Waals surface area contributed by atoms with E-state index in [-0.39, 0.29) is 5.91 Å². The molecule has 0 radical (unpaired) electrons. The highest BCUT2D eigenvalue weighted by atomic mass is 35.5. The molecule has 6 nitrogen and oxygen atoms in total. The molecule has 2 aromatic carbocycles. The summed E-state index contributed by atoms with van der Waals surface area (Å²) in [6.45, 7) is 5.01. The summed E-state index contributed by atoms with van der Waals surface area (Å²) in [5.41, 5.74) is 3.33. The van der Waals surface area contributed by atoms with E-state index in [9.17, 15) is 4.79 Å². The Bertz CT molecular complexity index is 1250. The zero-order valence-electron chi connectivity index (χ0n) is 18.3. The number of methoxy groups -OCH3 is 1. The second-order valence-corrected chi connectivity index (χ2v) is 9.05. The number of halogens is 1. The molecule has 0 amide bonds. The van der Waals surface area contributed by atoms with Crippen molar-refractivity contribution in [2.24, 2.45) is 0 Å². The summed E-state index contributed by atoms with van der Waals surface area (Å²) in [4.78, 5) is 13.4. The van der Waals surface area contributed by atoms with Gasteiger partial charge in [-0.05, 0) is 61.4 Å². The summed E-state index contributed by atoms with van der Waals surface area (Å²) in [6, 6.07) is 12.7. The van der Waals surface area contributed by atoms with Crippen LogP contribution < -0.4 is 10.1 Å². The van der Waals surface area contributed by atoms with Gasteiger partial charge in [-0.3, -0.25) is 9.36 Å². The zero-order chi connectivity index (χ0) is 22.7. The Hall–Kier alpha value is -2.90. The van der Waals surface area contributed by atoms with Crippen LogP contribution in [0.4, 0.5) is 5.13 Å². The molecule has 2 heterocycles. The number of hydrogen-bond donors (Lipinski definition) is 1. The van der Waals surface area contributed by atoms with Gasteiger partial charge in [-0.1, -0.05) is 36.3 Å². The van der Waals surface area contributed by atoms with Gasteiger partial charge in [-0.25, -0.2) is 0 Å². The number of nitrogens with one attached hydrogen (secondary N) is 1. The lowest BCUT2D eigenvalue weighted by Crippen LogP contribution is -2.13. The third kappa shape index (κ3) is 4.49. The third-order valence-corrected chi connectivity index (χ3v) is 6.57. The summed E-state index contributed by atoms with van der Waals surface area (Å²) >= 11 is 7.56. The average molecular weight is 469 g/mol. The summed E-state index contributed by atoms with van der Waals surface area (Å²) in [5, 5.41) is 15.3. The molecule has 166 valence electrons. The van der Waals surface area contributed by atoms with Crippen molar-refractivity contribution in [1.29, 1.82) is 0 Å². The summed E-state index contributed by atoms with van der Waals surface area (Å²) in [7, 11) is 1.64. The molecule has 0 aliphatic heterocycles. The molecule has 0 atom stereocenters. The van der Waals surface area contributed by atoms with Gasteiger partial charge in [0.1, 0.15) is 10.8 Å². The van der Waals surface area contributed by atoms with Crippen LogP contribution in [0.2, 0.25) is 5.02 Å². The fourth-order valence-corrected chi connectivity index (χ4v) is 4.62. The van der Waals surface area contributed by atoms with E-state index in [1.54, 1.807) is 47.3 Å². The van der Waals surface area contributed by atoms with Gasteiger partial charge >= 0.3 is 0 Å². The first-order valence-corrected chi connectivity index (χ1v) is 11.8. The SMILES string of the molecule is CCCCNc1nnc(Cc2c(C)n(C(=O)c3ccc(Cl)cc3)c3ccc(OC)cc23)s1. The van der Waals surface area contributed by atoms with Crippen molar-refractivity contribution in [2.75, 3.05) is 19.0 Å². The van der Waals surface area contributed by atoms with Gasteiger partial charge in [0, 0.05) is 34.6 Å². The molecule has 4 aromatic rings. The number of ether oxygens (including phenoxy) is 1. The zero-order valence-corrected chi connectivity index (χ0v) is 19.9. The summed E-state index contributed by atoms with van der Waals surface area (Å²) in [6.07, 6.45) is 2.80. The standard InChI is InChI=1S/C24H25ClN4O2S/c1-4-5-12-26-24-28-27-22(32-24)14-19-15(2)29(21-11-10-18(31-3)13-20(19)21)23(30)16-6-8-17(25)9-7-16/h6-11,13H,4-5,12,14H2,1-3H3,(H,26,28). The quantitative estimate of drug-likeness (QED) is 0.323. The highest BCUT2D eigenvalue weighted by molar-refractivity contribution is 7.15. The number of aromatic nitrogens is 3. The highest BCUT2D eigenvalue weighted by Crippen LogP contribution is 2.33. The molecular weight excluding hydrogens is 444 g/mol. The lowest BCUT2D eigenvalue weighted by Gasteiger charge is -2.08. The van der Waals surface area contributed by atoms with Crippen molar-refractivity contribution >= 4 is 44.9 Å². The number of unbranched alkanes of at least 4 members (excludes halogenated alkanes) is 1. The van der Waals surface area contributed by atoms with Crippen LogP contribution >= 0.6 is 22.9 Å². The number of rotatable bonds is 8. The molecule has 0 unspecified atom stereocenters. The van der Waals surface area contributed by atoms with Gasteiger partial charge in [-0.15, -0.1) is 10.2 Å². The van der Waals surface area contributed by atoms with Crippen LogP contribution in [0.3, 0.4) is 0 Å². The average Bonchev–Trinajstić information content (AvgIpc) is 3.36. The fourth-order valence-electron chi connectivity index (χ4n) is 3.72. The Morgan fingerprint density at radius 2 is 1.97 bits per heavy atom. The molecule has 0 aliphatic rings. The molecule has 32 heavy (non-hydrogen) atoms. The van der Waals surface area contributed by atoms with Crippen molar-refractivity contribution in [3.8, 4) is 5.75 Å². The van der Waals surface area contributed by atoms with Gasteiger partial charge in [0.15, 0.2) is 0 Å². The lowest BCUT2D eigenvalue weighted by molar-refractivity contribution is 0.0963. The van der Waals surface area contributed by atoms with Crippen LogP contribution in [-0.4, -0.2) is 34.3 Å². The van der Waals surface area contributed by atoms with E-state index in [0.29, 0.717) is 17.0 Å². The molecule has 4 rings (SSSR count). The van der Waals surface area contributed by atoms with E-state index in [1.807, 2.05) is 25.1 Å². The Morgan fingerprint density at radius 1 is 1.19 bits per heavy atom. The molecule has 0 fully saturated rings. The van der Waals surface area contributed by atoms with Crippen LogP contribution in [0.25, 0.3) is 10.9 Å². The number of nitrogens with zero attached hydrogens (tertiary/aromatic N) is 3. The predicted octanol–water partition coefficient (Wildman–Crippen LogP) is 5.95. The summed E-state index contributed by atoms with van der Waals surface area (Å²) in [5.74, 6) is 0.647. The third-order valence-electron chi connectivity index (χ3n) is 5.44. The molecule has 1 N–H and O–H groups in total. The number of benzene rings is 2. The van der Waals surface area contributed by atoms with E-state index in [2.05, 4.69) is 22.4 Å². The van der Waals surface area contributed by atoms with E-state index in [4.69, 9.17) is 16.3 Å². The van der Waals surface area contributed by atoms with Crippen molar-refractivity contribution in [2.45, 2.75) is 33.1 Å². The minimum atomic E-state index is -0.0974. The maximum atomic E-state index is 13.4. The second kappa shape index (κ2) is 9.71. The van der Waals surface area contributed by atoms with Gasteiger partial charge < -0.3 is 10.1 Å². The first-order valence-electron chi connectivity index (χ1n) is 10.6. The molecule has 0 aliphatic carbocycles. The predicted molar refractivity (Wildman–Crippen MR) is 131 cm³/mol. The van der Waals surface area contributed by atoms with Gasteiger partial charge in [0.25, 0.3) is 5.91 Å². The number of carbonyl (C=O) groups is 1. The second-order valence-electron chi connectivity index (χ2n) is 7.55. The molecule has 8 heteroatoms. The van der Waals surface area contributed by atoms with Gasteiger partial charge in [0.05, 0.1) is 12.6 Å². The lowest BCUT2D eigenvalue weighted by atomic mass is 10.1. The molecule has 0 saturated carbocycles. The molecule has 0 bridgehead atoms. The van der Waals surface area contributed by atoms with Crippen molar-refractivity contribution in [1.82, 2.24) is 14.8 Å². The Balaban J connectivity index is 1.74. The van der Waals surface area contributed by atoms with Crippen molar-refractivity contribution in [3.63, 3.8) is 0 Å². The topological polar surface area (TPSA) is 69.0 Å². The van der Waals surface area contributed by atoms with Gasteiger partial charge in [-0.2, -0.15) is 0 Å². The number of carbonyl (C=O) groups excluding carboxylic acids is 1. The van der Waals surface area contributed by atoms with E-state index in [1.165, 1.54) is 0 Å². The maximum absolute atomic E-state index is 13.4. The smallest absolute Gasteiger partial charge is 0.262 e. The van der Waals surface area contributed by atoms with Crippen LogP contribution in [0.1, 0.15) is 46.4 Å². The normalized spacial score (nSPS) is 11.1. The largest absolute Gasteiger partial charge is 0.497 e. The van der Waals surface area contributed by atoms with E-state index >= 15 is 0 Å². The van der Waals surface area contributed by atoms with Crippen molar-refractivity contribution < 1.29 is 9.53 Å². The van der Waals surface area contributed by atoms with E-state index < -0.39 is 0 Å². The first kappa shape index (κ1) is 22.3. The Labute approximate surface area is 196 Å². The van der Waals surface area contributed by atoms with Crippen LogP contribution in [0.15, 0.2) is 42.5 Å². The van der Waals surface area contributed by atoms with Crippen molar-refractivity contribution in [3.05, 3.63) is 69.3 Å². The number of hydrogen-bond acceptors (Lipinski definition) is 6. The number of anilines is 1. The first-order chi connectivity index (χ1) is 15.5. The van der Waals surface area contributed by atoms with Crippen LogP contribution in [0.5, 0.6) is 5.75 Å². The molecule has 0 saturated heterocycles. The van der Waals surface area contributed by atoms with Crippen LogP contribution in [0, 0.1) is 6.92 Å². The molecule has 2 aromatic heterocycles. The van der Waals surface area contributed by atoms with Gasteiger partial charge in [0.2, 0.25) is 5.13 Å².